The first kappa shape index (κ1) is 14.4. The maximum absolute atomic E-state index is 11.9. The number of aromatic nitrogens is 1. The van der Waals surface area contributed by atoms with E-state index in [9.17, 15) is 8.42 Å². The Morgan fingerprint density at radius 2 is 2.21 bits per heavy atom. The molecule has 1 saturated carbocycles. The molecule has 0 spiro atoms. The average Bonchev–Trinajstić information content (AvgIpc) is 2.82. The van der Waals surface area contributed by atoms with Crippen LogP contribution in [0, 0.1) is 5.92 Å². The summed E-state index contributed by atoms with van der Waals surface area (Å²) in [5.74, 6) is 0.475. The van der Waals surface area contributed by atoms with Crippen LogP contribution in [-0.4, -0.2) is 31.7 Å². The second-order valence-electron chi connectivity index (χ2n) is 5.18. The first-order valence-electron chi connectivity index (χ1n) is 6.68. The average molecular weight is 283 g/mol. The lowest BCUT2D eigenvalue weighted by Crippen LogP contribution is -2.31. The predicted octanol–water partition coefficient (Wildman–Crippen LogP) is 0.671. The fourth-order valence-corrected chi connectivity index (χ4v) is 3.51. The Bertz CT molecular complexity index is 490. The molecule has 2 unspecified atom stereocenters. The molecule has 1 aliphatic rings. The molecular formula is C13H21N3O2S. The van der Waals surface area contributed by atoms with E-state index in [2.05, 4.69) is 9.71 Å². The summed E-state index contributed by atoms with van der Waals surface area (Å²) < 4.78 is 26.4. The number of nitrogens with zero attached hydrogens (tertiary/aromatic N) is 1. The van der Waals surface area contributed by atoms with Crippen molar-refractivity contribution < 1.29 is 8.42 Å². The topological polar surface area (TPSA) is 85.1 Å². The number of sulfonamides is 1. The summed E-state index contributed by atoms with van der Waals surface area (Å²) in [4.78, 5) is 4.12. The molecule has 1 fully saturated rings. The molecule has 6 heteroatoms. The van der Waals surface area contributed by atoms with Crippen molar-refractivity contribution in [3.8, 4) is 0 Å². The number of hydrogen-bond donors (Lipinski definition) is 2. The van der Waals surface area contributed by atoms with Gasteiger partial charge in [0.25, 0.3) is 0 Å². The van der Waals surface area contributed by atoms with E-state index in [-0.39, 0.29) is 11.8 Å². The lowest BCUT2D eigenvalue weighted by Gasteiger charge is -2.11. The third-order valence-electron chi connectivity index (χ3n) is 3.53. The summed E-state index contributed by atoms with van der Waals surface area (Å²) in [6.45, 7) is 0.512. The van der Waals surface area contributed by atoms with Gasteiger partial charge in [0.1, 0.15) is 0 Å². The normalized spacial score (nSPS) is 23.6. The standard InChI is InChI=1S/C13H21N3O2S/c14-12-5-4-11(9-12)10-16-19(17,18)8-6-13-3-1-2-7-15-13/h1-3,7,11-12,16H,4-6,8-10,14H2. The van der Waals surface area contributed by atoms with Gasteiger partial charge in [-0.2, -0.15) is 0 Å². The highest BCUT2D eigenvalue weighted by molar-refractivity contribution is 7.89. The van der Waals surface area contributed by atoms with Crippen molar-refractivity contribution in [2.75, 3.05) is 12.3 Å². The molecule has 0 saturated heterocycles. The van der Waals surface area contributed by atoms with Crippen LogP contribution in [0.2, 0.25) is 0 Å². The van der Waals surface area contributed by atoms with Gasteiger partial charge in [0.05, 0.1) is 5.75 Å². The fourth-order valence-electron chi connectivity index (χ4n) is 2.40. The summed E-state index contributed by atoms with van der Waals surface area (Å²) in [5, 5.41) is 0. The van der Waals surface area contributed by atoms with Crippen molar-refractivity contribution in [1.82, 2.24) is 9.71 Å². The minimum Gasteiger partial charge on any atom is -0.328 e. The summed E-state index contributed by atoms with van der Waals surface area (Å²) >= 11 is 0. The van der Waals surface area contributed by atoms with E-state index in [1.807, 2.05) is 18.2 Å². The summed E-state index contributed by atoms with van der Waals surface area (Å²) in [7, 11) is -3.22. The van der Waals surface area contributed by atoms with Gasteiger partial charge in [-0.05, 0) is 37.3 Å². The molecule has 3 N–H and O–H groups in total. The second kappa shape index (κ2) is 6.45. The largest absolute Gasteiger partial charge is 0.328 e. The van der Waals surface area contributed by atoms with Crippen molar-refractivity contribution >= 4 is 10.0 Å². The second-order valence-corrected chi connectivity index (χ2v) is 7.10. The van der Waals surface area contributed by atoms with Gasteiger partial charge in [0, 0.05) is 30.9 Å². The van der Waals surface area contributed by atoms with Gasteiger partial charge in [0.2, 0.25) is 10.0 Å². The summed E-state index contributed by atoms with van der Waals surface area (Å²) in [6.07, 6.45) is 5.06. The quantitative estimate of drug-likeness (QED) is 0.803. The molecule has 1 heterocycles. The minimum absolute atomic E-state index is 0.0861. The van der Waals surface area contributed by atoms with Gasteiger partial charge in [0.15, 0.2) is 0 Å². The molecule has 0 aromatic carbocycles. The van der Waals surface area contributed by atoms with Crippen LogP contribution in [0.5, 0.6) is 0 Å². The molecule has 0 bridgehead atoms. The van der Waals surface area contributed by atoms with E-state index in [0.717, 1.165) is 25.0 Å². The van der Waals surface area contributed by atoms with Gasteiger partial charge in [-0.15, -0.1) is 0 Å². The highest BCUT2D eigenvalue weighted by Gasteiger charge is 2.23. The van der Waals surface area contributed by atoms with Gasteiger partial charge in [-0.3, -0.25) is 4.98 Å². The van der Waals surface area contributed by atoms with Crippen molar-refractivity contribution in [3.63, 3.8) is 0 Å². The number of nitrogens with one attached hydrogen (secondary N) is 1. The van der Waals surface area contributed by atoms with Crippen LogP contribution >= 0.6 is 0 Å². The van der Waals surface area contributed by atoms with E-state index >= 15 is 0 Å². The molecule has 2 rings (SSSR count). The van der Waals surface area contributed by atoms with E-state index in [1.165, 1.54) is 0 Å². The van der Waals surface area contributed by atoms with Crippen LogP contribution in [-0.2, 0) is 16.4 Å². The highest BCUT2D eigenvalue weighted by atomic mass is 32.2. The number of hydrogen-bond acceptors (Lipinski definition) is 4. The Hall–Kier alpha value is -0.980. The molecular weight excluding hydrogens is 262 g/mol. The van der Waals surface area contributed by atoms with E-state index in [0.29, 0.717) is 18.9 Å². The Morgan fingerprint density at radius 1 is 1.37 bits per heavy atom. The van der Waals surface area contributed by atoms with Gasteiger partial charge in [-0.1, -0.05) is 6.07 Å². The predicted molar refractivity (Wildman–Crippen MR) is 75.0 cm³/mol. The Kier molecular flexibility index (Phi) is 4.90. The zero-order valence-electron chi connectivity index (χ0n) is 11.0. The maximum atomic E-state index is 11.9. The molecule has 1 aromatic heterocycles. The summed E-state index contributed by atoms with van der Waals surface area (Å²) in [5.41, 5.74) is 6.62. The molecule has 19 heavy (non-hydrogen) atoms. The van der Waals surface area contributed by atoms with E-state index < -0.39 is 10.0 Å². The Morgan fingerprint density at radius 3 is 2.84 bits per heavy atom. The number of pyridine rings is 1. The SMILES string of the molecule is NC1CCC(CNS(=O)(=O)CCc2ccccn2)C1. The molecule has 0 amide bonds. The number of aryl methyl sites for hydroxylation is 1. The lowest BCUT2D eigenvalue weighted by molar-refractivity contribution is 0.512. The molecule has 2 atom stereocenters. The molecule has 1 aliphatic carbocycles. The zero-order chi connectivity index (χ0) is 13.7. The van der Waals surface area contributed by atoms with Crippen LogP contribution in [0.4, 0.5) is 0 Å². The zero-order valence-corrected chi connectivity index (χ0v) is 11.8. The van der Waals surface area contributed by atoms with Gasteiger partial charge in [-0.25, -0.2) is 13.1 Å². The van der Waals surface area contributed by atoms with Gasteiger partial charge >= 0.3 is 0 Å². The molecule has 106 valence electrons. The Labute approximate surface area is 114 Å². The Balaban J connectivity index is 1.76. The fraction of sp³-hybridized carbons (Fsp3) is 0.615. The molecule has 5 nitrogen and oxygen atoms in total. The molecule has 1 aromatic rings. The van der Waals surface area contributed by atoms with Crippen molar-refractivity contribution in [2.45, 2.75) is 31.7 Å². The van der Waals surface area contributed by atoms with Crippen LogP contribution in [0.1, 0.15) is 25.0 Å². The highest BCUT2D eigenvalue weighted by Crippen LogP contribution is 2.23. The lowest BCUT2D eigenvalue weighted by atomic mass is 10.1. The molecule has 0 radical (unpaired) electrons. The first-order chi connectivity index (χ1) is 9.05. The van der Waals surface area contributed by atoms with Crippen LogP contribution in [0.15, 0.2) is 24.4 Å². The third kappa shape index (κ3) is 4.89. The third-order valence-corrected chi connectivity index (χ3v) is 4.87. The minimum atomic E-state index is -3.22. The number of nitrogens with two attached hydrogens (primary N) is 1. The van der Waals surface area contributed by atoms with Gasteiger partial charge < -0.3 is 5.73 Å². The van der Waals surface area contributed by atoms with Crippen molar-refractivity contribution in [3.05, 3.63) is 30.1 Å². The van der Waals surface area contributed by atoms with Crippen molar-refractivity contribution in [2.24, 2.45) is 11.7 Å². The molecule has 0 aliphatic heterocycles. The maximum Gasteiger partial charge on any atom is 0.211 e. The first-order valence-corrected chi connectivity index (χ1v) is 8.33. The van der Waals surface area contributed by atoms with E-state index in [4.69, 9.17) is 5.73 Å². The summed E-state index contributed by atoms with van der Waals surface area (Å²) in [6, 6.07) is 5.76. The monoisotopic (exact) mass is 283 g/mol. The smallest absolute Gasteiger partial charge is 0.211 e. The van der Waals surface area contributed by atoms with Crippen molar-refractivity contribution in [1.29, 1.82) is 0 Å². The van der Waals surface area contributed by atoms with E-state index in [1.54, 1.807) is 6.20 Å². The van der Waals surface area contributed by atoms with Crippen LogP contribution < -0.4 is 10.5 Å². The number of rotatable bonds is 6. The van der Waals surface area contributed by atoms with Crippen LogP contribution in [0.3, 0.4) is 0 Å². The van der Waals surface area contributed by atoms with Crippen LogP contribution in [0.25, 0.3) is 0 Å².